The van der Waals surface area contributed by atoms with Crippen molar-refractivity contribution in [1.82, 2.24) is 15.0 Å². The van der Waals surface area contributed by atoms with Crippen LogP contribution >= 0.6 is 0 Å². The number of benzene rings is 1. The fraction of sp³-hybridized carbons (Fsp3) is 0.321. The van der Waals surface area contributed by atoms with Gasteiger partial charge in [0.2, 0.25) is 0 Å². The molecule has 1 aromatic carbocycles. The monoisotopic (exact) mass is 658 g/mol. The molecule has 1 saturated heterocycles. The summed E-state index contributed by atoms with van der Waals surface area (Å²) in [5.74, 6) is -6.45. The Morgan fingerprint density at radius 3 is 1.71 bits per heavy atom. The summed E-state index contributed by atoms with van der Waals surface area (Å²) < 4.78 is 104. The van der Waals surface area contributed by atoms with Crippen molar-refractivity contribution in [3.63, 3.8) is 0 Å². The number of sulfone groups is 1. The van der Waals surface area contributed by atoms with E-state index in [0.717, 1.165) is 0 Å². The van der Waals surface area contributed by atoms with Gasteiger partial charge < -0.3 is 4.84 Å². The first-order valence-electron chi connectivity index (χ1n) is 13.0. The Bertz CT molecular complexity index is 1710. The fourth-order valence-corrected chi connectivity index (χ4v) is 6.26. The number of aryl methyl sites for hydroxylation is 2. The average molecular weight is 659 g/mol. The lowest BCUT2D eigenvalue weighted by atomic mass is 9.68. The van der Waals surface area contributed by atoms with Gasteiger partial charge in [0.1, 0.15) is 0 Å². The predicted octanol–water partition coefficient (Wildman–Crippen LogP) is 5.52. The van der Waals surface area contributed by atoms with E-state index >= 15 is 0 Å². The first-order chi connectivity index (χ1) is 20.8. The zero-order valence-corrected chi connectivity index (χ0v) is 24.7. The molecule has 0 N–H and O–H groups in total. The number of pyridine rings is 2. The Hall–Kier alpha value is -4.54. The van der Waals surface area contributed by atoms with Crippen LogP contribution in [0.1, 0.15) is 47.9 Å². The van der Waals surface area contributed by atoms with Gasteiger partial charge in [-0.15, -0.1) is 5.06 Å². The molecule has 0 aliphatic carbocycles. The molecule has 2 aromatic heterocycles. The zero-order valence-electron chi connectivity index (χ0n) is 23.8. The number of carbonyl (C=O) groups is 3. The molecule has 240 valence electrons. The minimum Gasteiger partial charge on any atom is -0.327 e. The highest BCUT2D eigenvalue weighted by Crippen LogP contribution is 2.51. The quantitative estimate of drug-likeness (QED) is 0.240. The third-order valence-corrected chi connectivity index (χ3v) is 9.25. The molecule has 0 radical (unpaired) electrons. The van der Waals surface area contributed by atoms with E-state index < -0.39 is 67.4 Å². The smallest absolute Gasteiger partial charge is 0.327 e. The van der Waals surface area contributed by atoms with Gasteiger partial charge in [-0.25, -0.2) is 22.9 Å². The Morgan fingerprint density at radius 2 is 1.31 bits per heavy atom. The normalized spacial score (nSPS) is 19.1. The summed E-state index contributed by atoms with van der Waals surface area (Å²) in [6.45, 7) is 6.05. The third-order valence-electron chi connectivity index (χ3n) is 7.74. The summed E-state index contributed by atoms with van der Waals surface area (Å²) in [7, 11) is -5.82. The van der Waals surface area contributed by atoms with Crippen molar-refractivity contribution in [3.8, 4) is 0 Å². The number of amides is 3. The Kier molecular flexibility index (Phi) is 8.47. The molecule has 3 amide bonds. The topological polar surface area (TPSA) is 127 Å². The summed E-state index contributed by atoms with van der Waals surface area (Å²) in [6.07, 6.45) is -0.0964. The summed E-state index contributed by atoms with van der Waals surface area (Å²) in [6, 6.07) is 3.73. The summed E-state index contributed by atoms with van der Waals surface area (Å²) >= 11 is 0. The van der Waals surface area contributed by atoms with Crippen molar-refractivity contribution < 1.29 is 54.0 Å². The van der Waals surface area contributed by atoms with Crippen LogP contribution in [0.4, 0.5) is 36.8 Å². The van der Waals surface area contributed by atoms with E-state index in [-0.39, 0.29) is 5.06 Å². The minimum atomic E-state index is -5.82. The second-order valence-electron chi connectivity index (χ2n) is 10.3. The summed E-state index contributed by atoms with van der Waals surface area (Å²) in [5.41, 5.74) is -7.00. The first kappa shape index (κ1) is 33.4. The number of hydroxylamine groups is 2. The molecule has 0 spiro atoms. The van der Waals surface area contributed by atoms with Gasteiger partial charge in [0, 0.05) is 36.6 Å². The van der Waals surface area contributed by atoms with Crippen LogP contribution in [0, 0.1) is 13.8 Å². The second kappa shape index (κ2) is 11.4. The number of nitrogens with zero attached hydrogens (tertiary/aromatic N) is 4. The highest BCUT2D eigenvalue weighted by molar-refractivity contribution is 7.92. The molecule has 2 atom stereocenters. The number of aromatic nitrogens is 2. The van der Waals surface area contributed by atoms with E-state index in [1.165, 1.54) is 50.8 Å². The van der Waals surface area contributed by atoms with Crippen molar-refractivity contribution in [1.29, 1.82) is 0 Å². The molecule has 0 saturated carbocycles. The first-order valence-corrected chi connectivity index (χ1v) is 14.5. The standard InChI is InChI=1S/C28H24F6N4O6S/c1-15-13-35-11-9-21(15)17(3)26(18(4)22-10-12-36-14-16(22)2)23(39)37(25(41)38(26)44-24(40)27(29,30)31)19-5-7-20(8-6-19)45(42,43)28(32,33)34/h5-14,17-18H,1-4H3. The maximum absolute atomic E-state index is 14.6. The second-order valence-corrected chi connectivity index (χ2v) is 12.2. The molecule has 1 fully saturated rings. The molecule has 0 bridgehead atoms. The number of halogens is 6. The van der Waals surface area contributed by atoms with Crippen LogP contribution in [-0.4, -0.2) is 58.6 Å². The minimum absolute atomic E-state index is 0.0423. The van der Waals surface area contributed by atoms with Crippen molar-refractivity contribution in [3.05, 3.63) is 83.4 Å². The van der Waals surface area contributed by atoms with Gasteiger partial charge in [0.05, 0.1) is 10.6 Å². The van der Waals surface area contributed by atoms with Crippen molar-refractivity contribution in [2.24, 2.45) is 0 Å². The number of carbonyl (C=O) groups excluding carboxylic acids is 3. The van der Waals surface area contributed by atoms with Gasteiger partial charge in [-0.05, 0) is 72.5 Å². The highest BCUT2D eigenvalue weighted by Gasteiger charge is 2.67. The number of hydrogen-bond acceptors (Lipinski definition) is 8. The summed E-state index contributed by atoms with van der Waals surface area (Å²) in [5, 5.41) is 0.0423. The van der Waals surface area contributed by atoms with Gasteiger partial charge >= 0.3 is 23.7 Å². The van der Waals surface area contributed by atoms with E-state index in [2.05, 4.69) is 9.97 Å². The Balaban J connectivity index is 2.01. The maximum atomic E-state index is 14.6. The van der Waals surface area contributed by atoms with Crippen molar-refractivity contribution in [2.45, 2.75) is 61.6 Å². The van der Waals surface area contributed by atoms with E-state index in [1.807, 2.05) is 0 Å². The number of rotatable bonds is 7. The van der Waals surface area contributed by atoms with Crippen LogP contribution in [-0.2, 0) is 24.3 Å². The molecule has 10 nitrogen and oxygen atoms in total. The molecular formula is C28H24F6N4O6S. The average Bonchev–Trinajstić information content (AvgIpc) is 3.17. The molecular weight excluding hydrogens is 634 g/mol. The van der Waals surface area contributed by atoms with Crippen LogP contribution in [0.15, 0.2) is 66.1 Å². The Morgan fingerprint density at radius 1 is 0.844 bits per heavy atom. The van der Waals surface area contributed by atoms with E-state index in [9.17, 15) is 49.1 Å². The molecule has 3 aromatic rings. The van der Waals surface area contributed by atoms with E-state index in [0.29, 0.717) is 51.4 Å². The molecule has 4 rings (SSSR count). The fourth-order valence-electron chi connectivity index (χ4n) is 5.50. The lowest BCUT2D eigenvalue weighted by Gasteiger charge is -2.43. The molecule has 3 heterocycles. The highest BCUT2D eigenvalue weighted by atomic mass is 32.2. The van der Waals surface area contributed by atoms with Crippen LogP contribution in [0.5, 0.6) is 0 Å². The van der Waals surface area contributed by atoms with E-state index in [1.54, 1.807) is 13.8 Å². The van der Waals surface area contributed by atoms with Gasteiger partial charge in [0.25, 0.3) is 15.7 Å². The van der Waals surface area contributed by atoms with Crippen molar-refractivity contribution in [2.75, 3.05) is 4.90 Å². The predicted molar refractivity (Wildman–Crippen MR) is 144 cm³/mol. The molecule has 1 aliphatic rings. The largest absolute Gasteiger partial charge is 0.501 e. The Labute approximate surface area is 252 Å². The number of anilines is 1. The van der Waals surface area contributed by atoms with Gasteiger partial charge in [0.15, 0.2) is 5.54 Å². The van der Waals surface area contributed by atoms with E-state index in [4.69, 9.17) is 4.84 Å². The van der Waals surface area contributed by atoms with Crippen LogP contribution < -0.4 is 4.90 Å². The number of hydrogen-bond donors (Lipinski definition) is 0. The molecule has 1 aliphatic heterocycles. The zero-order chi connectivity index (χ0) is 33.7. The van der Waals surface area contributed by atoms with Gasteiger partial charge in [-0.3, -0.25) is 14.8 Å². The molecule has 17 heteroatoms. The van der Waals surface area contributed by atoms with Crippen LogP contribution in [0.2, 0.25) is 0 Å². The lowest BCUT2D eigenvalue weighted by molar-refractivity contribution is -0.241. The summed E-state index contributed by atoms with van der Waals surface area (Å²) in [4.78, 5) is 52.6. The van der Waals surface area contributed by atoms with Crippen molar-refractivity contribution >= 4 is 33.4 Å². The number of alkyl halides is 6. The van der Waals surface area contributed by atoms with Crippen LogP contribution in [0.25, 0.3) is 0 Å². The SMILES string of the molecule is Cc1cnccc1C(C)C1(C(C)c2ccncc2C)C(=O)N(c2ccc(S(=O)(=O)C(F)(F)F)cc2)C(=O)N1OC(=O)C(F)(F)F. The molecule has 2 unspecified atom stereocenters. The number of imide groups is 1. The molecule has 45 heavy (non-hydrogen) atoms. The maximum Gasteiger partial charge on any atom is 0.501 e. The number of urea groups is 1. The van der Waals surface area contributed by atoms with Gasteiger partial charge in [-0.2, -0.15) is 26.3 Å². The van der Waals surface area contributed by atoms with Gasteiger partial charge in [-0.1, -0.05) is 13.8 Å². The third kappa shape index (κ3) is 5.49. The lowest BCUT2D eigenvalue weighted by Crippen LogP contribution is -2.58. The van der Waals surface area contributed by atoms with Crippen LogP contribution in [0.3, 0.4) is 0 Å².